The highest BCUT2D eigenvalue weighted by atomic mass is 79.9. The van der Waals surface area contributed by atoms with E-state index in [0.717, 1.165) is 4.90 Å². The molecule has 0 bridgehead atoms. The third kappa shape index (κ3) is 3.71. The van der Waals surface area contributed by atoms with Gasteiger partial charge in [-0.25, -0.2) is 13.8 Å². The Morgan fingerprint density at radius 2 is 2.35 bits per heavy atom. The molecule has 0 atom stereocenters. The van der Waals surface area contributed by atoms with Crippen molar-refractivity contribution in [1.29, 1.82) is 0 Å². The normalized spacial score (nSPS) is 10.6. The van der Waals surface area contributed by atoms with E-state index in [1.807, 2.05) is 0 Å². The molecule has 1 aromatic rings. The maximum absolute atomic E-state index is 12.8. The Kier molecular flexibility index (Phi) is 5.43. The summed E-state index contributed by atoms with van der Waals surface area (Å²) in [6.45, 7) is 0.424. The zero-order valence-corrected chi connectivity index (χ0v) is 10.7. The summed E-state index contributed by atoms with van der Waals surface area (Å²) in [6, 6.07) is 1.25. The van der Waals surface area contributed by atoms with Gasteiger partial charge in [-0.1, -0.05) is 0 Å². The lowest BCUT2D eigenvalue weighted by Gasteiger charge is -2.19. The molecule has 0 fully saturated rings. The zero-order valence-electron chi connectivity index (χ0n) is 9.07. The van der Waals surface area contributed by atoms with Gasteiger partial charge in [0.2, 0.25) is 6.41 Å². The van der Waals surface area contributed by atoms with E-state index in [1.54, 1.807) is 0 Å². The highest BCUT2D eigenvalue weighted by molar-refractivity contribution is 9.10. The van der Waals surface area contributed by atoms with Crippen LogP contribution in [0.2, 0.25) is 0 Å². The lowest BCUT2D eigenvalue weighted by atomic mass is 10.2. The quantitative estimate of drug-likeness (QED) is 0.758. The predicted octanol–water partition coefficient (Wildman–Crippen LogP) is 2.39. The highest BCUT2D eigenvalue weighted by Gasteiger charge is 2.19. The van der Waals surface area contributed by atoms with E-state index in [9.17, 15) is 13.6 Å². The van der Waals surface area contributed by atoms with Crippen LogP contribution in [0.5, 0.6) is 0 Å². The minimum Gasteiger partial charge on any atom is -0.383 e. The third-order valence-corrected chi connectivity index (χ3v) is 2.47. The number of halogens is 3. The largest absolute Gasteiger partial charge is 0.383 e. The Bertz CT molecular complexity index is 391. The number of anilines is 1. The summed E-state index contributed by atoms with van der Waals surface area (Å²) < 4.78 is 30.8. The minimum atomic E-state index is -2.69. The lowest BCUT2D eigenvalue weighted by Crippen LogP contribution is -2.27. The van der Waals surface area contributed by atoms with Crippen molar-refractivity contribution in [3.05, 3.63) is 22.3 Å². The number of aromatic nitrogens is 1. The molecule has 4 nitrogen and oxygen atoms in total. The fourth-order valence-electron chi connectivity index (χ4n) is 1.25. The molecule has 0 saturated heterocycles. The Balaban J connectivity index is 3.05. The average molecular weight is 309 g/mol. The molecule has 1 heterocycles. The van der Waals surface area contributed by atoms with Crippen molar-refractivity contribution in [1.82, 2.24) is 4.98 Å². The first-order chi connectivity index (χ1) is 8.10. The molecule has 0 aliphatic carbocycles. The fourth-order valence-corrected chi connectivity index (χ4v) is 1.60. The van der Waals surface area contributed by atoms with Gasteiger partial charge in [0.15, 0.2) is 0 Å². The van der Waals surface area contributed by atoms with E-state index in [0.29, 0.717) is 10.9 Å². The molecule has 0 radical (unpaired) electrons. The summed E-state index contributed by atoms with van der Waals surface area (Å²) in [7, 11) is 1.46. The topological polar surface area (TPSA) is 42.4 Å². The van der Waals surface area contributed by atoms with Gasteiger partial charge in [0.1, 0.15) is 5.82 Å². The average Bonchev–Trinajstić information content (AvgIpc) is 2.31. The number of ether oxygens (including phenoxy) is 1. The van der Waals surface area contributed by atoms with Gasteiger partial charge in [-0.2, -0.15) is 0 Å². The van der Waals surface area contributed by atoms with Gasteiger partial charge in [0, 0.05) is 17.8 Å². The van der Waals surface area contributed by atoms with Gasteiger partial charge in [-0.15, -0.1) is 0 Å². The number of pyridine rings is 1. The van der Waals surface area contributed by atoms with Crippen LogP contribution in [0.4, 0.5) is 14.6 Å². The van der Waals surface area contributed by atoms with Crippen molar-refractivity contribution in [3.8, 4) is 0 Å². The van der Waals surface area contributed by atoms with E-state index >= 15 is 0 Å². The number of alkyl halides is 2. The minimum absolute atomic E-state index is 0.0461. The number of methoxy groups -OCH3 is 1. The number of rotatable bonds is 6. The van der Waals surface area contributed by atoms with Gasteiger partial charge < -0.3 is 4.74 Å². The van der Waals surface area contributed by atoms with E-state index in [4.69, 9.17) is 4.74 Å². The lowest BCUT2D eigenvalue weighted by molar-refractivity contribution is -0.107. The number of nitrogens with zero attached hydrogens (tertiary/aromatic N) is 2. The van der Waals surface area contributed by atoms with Crippen LogP contribution in [0, 0.1) is 0 Å². The number of carbonyl (C=O) groups excluding carboxylic acids is 1. The van der Waals surface area contributed by atoms with Crippen LogP contribution in [0.25, 0.3) is 0 Å². The highest BCUT2D eigenvalue weighted by Crippen LogP contribution is 2.29. The molecule has 0 unspecified atom stereocenters. The van der Waals surface area contributed by atoms with Crippen LogP contribution in [-0.4, -0.2) is 31.7 Å². The summed E-state index contributed by atoms with van der Waals surface area (Å²) in [5.41, 5.74) is -0.289. The molecular weight excluding hydrogens is 298 g/mol. The van der Waals surface area contributed by atoms with Crippen molar-refractivity contribution in [2.24, 2.45) is 0 Å². The van der Waals surface area contributed by atoms with Crippen molar-refractivity contribution in [2.75, 3.05) is 25.2 Å². The van der Waals surface area contributed by atoms with Crippen LogP contribution >= 0.6 is 15.9 Å². The van der Waals surface area contributed by atoms with E-state index < -0.39 is 6.43 Å². The molecular formula is C10H11BrF2N2O2. The summed E-state index contributed by atoms with van der Waals surface area (Å²) in [6.07, 6.45) is -0.869. The van der Waals surface area contributed by atoms with E-state index in [1.165, 1.54) is 19.4 Å². The van der Waals surface area contributed by atoms with Crippen LogP contribution in [0.3, 0.4) is 0 Å². The third-order valence-electron chi connectivity index (χ3n) is 2.03. The number of hydrogen-bond acceptors (Lipinski definition) is 3. The first-order valence-electron chi connectivity index (χ1n) is 4.74. The Labute approximate surface area is 106 Å². The van der Waals surface area contributed by atoms with Crippen molar-refractivity contribution in [3.63, 3.8) is 0 Å². The van der Waals surface area contributed by atoms with Crippen LogP contribution < -0.4 is 4.90 Å². The molecule has 94 valence electrons. The Morgan fingerprint density at radius 3 is 2.88 bits per heavy atom. The van der Waals surface area contributed by atoms with Crippen LogP contribution in [-0.2, 0) is 9.53 Å². The molecule has 7 heteroatoms. The Morgan fingerprint density at radius 1 is 1.65 bits per heavy atom. The molecule has 17 heavy (non-hydrogen) atoms. The zero-order chi connectivity index (χ0) is 12.8. The first kappa shape index (κ1) is 14.0. The molecule has 1 rings (SSSR count). The molecule has 0 N–H and O–H groups in total. The van der Waals surface area contributed by atoms with Crippen molar-refractivity contribution >= 4 is 28.2 Å². The molecule has 0 spiro atoms. The van der Waals surface area contributed by atoms with Gasteiger partial charge in [0.25, 0.3) is 6.43 Å². The second kappa shape index (κ2) is 6.61. The second-order valence-electron chi connectivity index (χ2n) is 3.16. The standard InChI is InChI=1S/C10H11BrF2N2O2/c1-17-3-2-15(6-16)10-8(9(12)13)4-7(11)5-14-10/h4-6,9H,2-3H2,1H3. The van der Waals surface area contributed by atoms with Crippen molar-refractivity contribution < 1.29 is 18.3 Å². The maximum Gasteiger partial charge on any atom is 0.267 e. The van der Waals surface area contributed by atoms with Gasteiger partial charge in [-0.05, 0) is 22.0 Å². The fraction of sp³-hybridized carbons (Fsp3) is 0.400. The number of amides is 1. The van der Waals surface area contributed by atoms with E-state index in [-0.39, 0.29) is 24.5 Å². The monoisotopic (exact) mass is 308 g/mol. The second-order valence-corrected chi connectivity index (χ2v) is 4.07. The molecule has 0 aliphatic rings. The molecule has 0 aliphatic heterocycles. The number of hydrogen-bond donors (Lipinski definition) is 0. The van der Waals surface area contributed by atoms with Crippen molar-refractivity contribution in [2.45, 2.75) is 6.43 Å². The molecule has 1 aromatic heterocycles. The van der Waals surface area contributed by atoms with E-state index in [2.05, 4.69) is 20.9 Å². The summed E-state index contributed by atoms with van der Waals surface area (Å²) in [4.78, 5) is 15.8. The Hall–Kier alpha value is -1.08. The predicted molar refractivity (Wildman–Crippen MR) is 62.2 cm³/mol. The molecule has 0 aromatic carbocycles. The molecule has 0 saturated carbocycles. The number of carbonyl (C=O) groups is 1. The van der Waals surface area contributed by atoms with Crippen LogP contribution in [0.1, 0.15) is 12.0 Å². The smallest absolute Gasteiger partial charge is 0.267 e. The van der Waals surface area contributed by atoms with Gasteiger partial charge in [-0.3, -0.25) is 9.69 Å². The summed E-state index contributed by atoms with van der Waals surface area (Å²) in [5.74, 6) is -0.0461. The maximum atomic E-state index is 12.8. The summed E-state index contributed by atoms with van der Waals surface area (Å²) >= 11 is 3.06. The first-order valence-corrected chi connectivity index (χ1v) is 5.54. The molecule has 1 amide bonds. The van der Waals surface area contributed by atoms with Crippen LogP contribution in [0.15, 0.2) is 16.7 Å². The SMILES string of the molecule is COCCN(C=O)c1ncc(Br)cc1C(F)F. The summed E-state index contributed by atoms with van der Waals surface area (Å²) in [5, 5.41) is 0. The van der Waals surface area contributed by atoms with Gasteiger partial charge in [0.05, 0.1) is 18.7 Å². The van der Waals surface area contributed by atoms with Gasteiger partial charge >= 0.3 is 0 Å².